The number of rotatable bonds is 13. The first-order valence-corrected chi connectivity index (χ1v) is 21.6. The van der Waals surface area contributed by atoms with Crippen molar-refractivity contribution in [2.24, 2.45) is 11.8 Å². The fourth-order valence-electron chi connectivity index (χ4n) is 7.86. The van der Waals surface area contributed by atoms with Crippen molar-refractivity contribution in [3.63, 3.8) is 0 Å². The maximum absolute atomic E-state index is 11.7. The molecule has 0 saturated heterocycles. The molecule has 1 heterocycles. The van der Waals surface area contributed by atoms with Crippen molar-refractivity contribution in [3.8, 4) is 33.5 Å². The monoisotopic (exact) mass is 968 g/mol. The summed E-state index contributed by atoms with van der Waals surface area (Å²) in [5.74, 6) is 1.86. The number of pyridine rings is 1. The number of aliphatic hydroxyl groups is 1. The molecule has 1 aromatic heterocycles. The third kappa shape index (κ3) is 11.7. The Morgan fingerprint density at radius 2 is 1.32 bits per heavy atom. The number of nitrogens with zero attached hydrogens (tertiary/aromatic N) is 2. The summed E-state index contributed by atoms with van der Waals surface area (Å²) in [5, 5.41) is 12.0. The smallest absolute Gasteiger partial charge is 0.188 e. The molecule has 0 spiro atoms. The van der Waals surface area contributed by atoms with Gasteiger partial charge in [0.15, 0.2) is 11.5 Å². The molecular weight excluding hydrogens is 901 g/mol. The maximum Gasteiger partial charge on any atom is 0.188 e. The summed E-state index contributed by atoms with van der Waals surface area (Å²) in [6.07, 6.45) is 6.73. The normalized spacial score (nSPS) is 11.9. The van der Waals surface area contributed by atoms with Gasteiger partial charge in [-0.3, -0.25) is 4.79 Å². The van der Waals surface area contributed by atoms with E-state index in [0.29, 0.717) is 29.1 Å². The number of carbonyl (C=O) groups is 1. The number of allylic oxidation sites excluding steroid dienone is 2. The van der Waals surface area contributed by atoms with Crippen LogP contribution >= 0.6 is 0 Å². The van der Waals surface area contributed by atoms with E-state index in [-0.39, 0.29) is 48.9 Å². The van der Waals surface area contributed by atoms with E-state index in [1.807, 2.05) is 46.0 Å². The second kappa shape index (κ2) is 21.8. The first-order valence-electron chi connectivity index (χ1n) is 21.6. The summed E-state index contributed by atoms with van der Waals surface area (Å²) in [6.45, 7) is 36.7. The fraction of sp³-hybridized carbons (Fsp3) is 0.426. The van der Waals surface area contributed by atoms with E-state index in [4.69, 9.17) is 11.6 Å². The molecule has 5 heteroatoms. The van der Waals surface area contributed by atoms with Gasteiger partial charge in [0.05, 0.1) is 12.3 Å². The molecule has 1 N–H and O–H groups in total. The average molecular weight is 968 g/mol. The third-order valence-electron chi connectivity index (χ3n) is 11.6. The standard InChI is InChI=1S/C41H43N2.C13H24O2.Ir/c1-25(2)31-22-35(26(3)4)38(36(23-31)27(5)6)29-17-15-28(16-18-29)34-19-20-43-39(40(34)42-10)32-21-30-13-11-12-14-33(30)37(24-32)41(7,8)9;1-5-10(6-2)12(14)9-13(15)11(7-3)8-4;/h11-20,22-27H,1-9H3;9-11,14H,5-8H2,1-4H3;/q-1;;/b;12-9-;. The number of aliphatic hydroxyl groups excluding tert-OH is 1. The van der Waals surface area contributed by atoms with Crippen molar-refractivity contribution >= 4 is 22.2 Å². The molecule has 5 aromatic rings. The molecule has 0 atom stereocenters. The predicted molar refractivity (Wildman–Crippen MR) is 248 cm³/mol. The van der Waals surface area contributed by atoms with Crippen LogP contribution in [0, 0.1) is 24.5 Å². The summed E-state index contributed by atoms with van der Waals surface area (Å²) in [5.41, 5.74) is 12.0. The van der Waals surface area contributed by atoms with E-state index in [1.165, 1.54) is 44.8 Å². The van der Waals surface area contributed by atoms with Gasteiger partial charge in [-0.1, -0.05) is 150 Å². The van der Waals surface area contributed by atoms with Crippen LogP contribution in [0.5, 0.6) is 0 Å². The van der Waals surface area contributed by atoms with Crippen molar-refractivity contribution in [2.45, 2.75) is 139 Å². The van der Waals surface area contributed by atoms with Crippen molar-refractivity contribution in [3.05, 3.63) is 131 Å². The molecule has 0 aliphatic heterocycles. The fourth-order valence-corrected chi connectivity index (χ4v) is 7.86. The minimum Gasteiger partial charge on any atom is -0.512 e. The van der Waals surface area contributed by atoms with Gasteiger partial charge in [0.25, 0.3) is 0 Å². The Morgan fingerprint density at radius 1 is 0.780 bits per heavy atom. The second-order valence-electron chi connectivity index (χ2n) is 17.7. The van der Waals surface area contributed by atoms with E-state index in [9.17, 15) is 9.90 Å². The number of ketones is 1. The van der Waals surface area contributed by atoms with Crippen LogP contribution in [-0.4, -0.2) is 15.9 Å². The maximum atomic E-state index is 11.7. The molecule has 4 aromatic carbocycles. The van der Waals surface area contributed by atoms with E-state index in [2.05, 4.69) is 134 Å². The first kappa shape index (κ1) is 49.0. The zero-order chi connectivity index (χ0) is 42.9. The minimum atomic E-state index is -0.0633. The molecule has 4 nitrogen and oxygen atoms in total. The largest absolute Gasteiger partial charge is 0.512 e. The summed E-state index contributed by atoms with van der Waals surface area (Å²) in [7, 11) is 0. The predicted octanol–water partition coefficient (Wildman–Crippen LogP) is 16.1. The molecule has 315 valence electrons. The van der Waals surface area contributed by atoms with Crippen LogP contribution in [-0.2, 0) is 30.3 Å². The number of benzene rings is 4. The summed E-state index contributed by atoms with van der Waals surface area (Å²) < 4.78 is 0. The number of fused-ring (bicyclic) bond motifs is 1. The average Bonchev–Trinajstić information content (AvgIpc) is 3.20. The van der Waals surface area contributed by atoms with Crippen molar-refractivity contribution in [1.29, 1.82) is 0 Å². The van der Waals surface area contributed by atoms with Gasteiger partial charge in [-0.2, -0.15) is 0 Å². The van der Waals surface area contributed by atoms with Crippen LogP contribution in [0.25, 0.3) is 49.1 Å². The SMILES string of the molecule is CCC(CC)C(=O)/C=C(\O)C(CC)CC.[C-]#[N+]c1c(-c2ccc(-c3c(C(C)C)cc(C(C)C)cc3C(C)C)cc2)ccnc1-c1[c-]c2ccccc2c(C(C)(C)C)c1.[Ir]. The van der Waals surface area contributed by atoms with Crippen LogP contribution in [0.2, 0.25) is 0 Å². The Kier molecular flexibility index (Phi) is 18.1. The van der Waals surface area contributed by atoms with Gasteiger partial charge in [0, 0.05) is 49.9 Å². The molecule has 1 radical (unpaired) electrons. The van der Waals surface area contributed by atoms with Gasteiger partial charge in [-0.25, -0.2) is 4.85 Å². The molecule has 59 heavy (non-hydrogen) atoms. The zero-order valence-electron chi connectivity index (χ0n) is 37.9. The molecule has 0 aliphatic carbocycles. The summed E-state index contributed by atoms with van der Waals surface area (Å²) >= 11 is 0. The van der Waals surface area contributed by atoms with Gasteiger partial charge < -0.3 is 10.1 Å². The van der Waals surface area contributed by atoms with Crippen molar-refractivity contribution in [2.75, 3.05) is 0 Å². The molecule has 0 unspecified atom stereocenters. The van der Waals surface area contributed by atoms with Gasteiger partial charge >= 0.3 is 0 Å². The zero-order valence-corrected chi connectivity index (χ0v) is 40.3. The van der Waals surface area contributed by atoms with Crippen LogP contribution in [0.1, 0.15) is 156 Å². The number of hydrogen-bond donors (Lipinski definition) is 1. The summed E-state index contributed by atoms with van der Waals surface area (Å²) in [6, 6.07) is 29.7. The summed E-state index contributed by atoms with van der Waals surface area (Å²) in [4.78, 5) is 20.5. The van der Waals surface area contributed by atoms with Crippen molar-refractivity contribution in [1.82, 2.24) is 4.98 Å². The van der Waals surface area contributed by atoms with Crippen LogP contribution in [0.4, 0.5) is 5.69 Å². The topological polar surface area (TPSA) is 54.5 Å². The van der Waals surface area contributed by atoms with E-state index < -0.39 is 0 Å². The first-order chi connectivity index (χ1) is 27.5. The molecule has 0 amide bonds. The Hall–Kier alpha value is -4.36. The van der Waals surface area contributed by atoms with Gasteiger partial charge in [-0.15, -0.1) is 34.7 Å². The minimum absolute atomic E-state index is 0. The van der Waals surface area contributed by atoms with Gasteiger partial charge in [0.1, 0.15) is 0 Å². The number of carbonyl (C=O) groups excluding carboxylic acids is 1. The third-order valence-corrected chi connectivity index (χ3v) is 11.6. The Labute approximate surface area is 370 Å². The number of aromatic nitrogens is 1. The Morgan fingerprint density at radius 3 is 1.81 bits per heavy atom. The van der Waals surface area contributed by atoms with E-state index >= 15 is 0 Å². The Balaban J connectivity index is 0.000000496. The van der Waals surface area contributed by atoms with Gasteiger partial charge in [-0.05, 0) is 93.9 Å². The van der Waals surface area contributed by atoms with Gasteiger partial charge in [0.2, 0.25) is 0 Å². The number of hydrogen-bond acceptors (Lipinski definition) is 3. The molecule has 0 saturated carbocycles. The molecule has 0 aliphatic rings. The van der Waals surface area contributed by atoms with Crippen LogP contribution < -0.4 is 0 Å². The van der Waals surface area contributed by atoms with E-state index in [0.717, 1.165) is 47.8 Å². The molecular formula is C54H67IrN2O2-. The quantitative estimate of drug-likeness (QED) is 0.0727. The molecule has 0 fully saturated rings. The second-order valence-corrected chi connectivity index (χ2v) is 17.7. The molecule has 5 rings (SSSR count). The van der Waals surface area contributed by atoms with Crippen molar-refractivity contribution < 1.29 is 30.0 Å². The molecule has 0 bridgehead atoms. The van der Waals surface area contributed by atoms with Crippen LogP contribution in [0.15, 0.2) is 90.8 Å². The van der Waals surface area contributed by atoms with Crippen LogP contribution in [0.3, 0.4) is 0 Å². The van der Waals surface area contributed by atoms with E-state index in [1.54, 1.807) is 0 Å². The Bertz CT molecular complexity index is 2210.